The topological polar surface area (TPSA) is 29.1 Å². The lowest BCUT2D eigenvalue weighted by Gasteiger charge is -2.15. The molecule has 0 fully saturated rings. The van der Waals surface area contributed by atoms with Crippen LogP contribution in [0.5, 0.6) is 0 Å². The van der Waals surface area contributed by atoms with E-state index in [0.717, 1.165) is 32.1 Å². The van der Waals surface area contributed by atoms with E-state index in [1.54, 1.807) is 17.8 Å². The van der Waals surface area contributed by atoms with Gasteiger partial charge in [0.25, 0.3) is 5.91 Å². The summed E-state index contributed by atoms with van der Waals surface area (Å²) in [7, 11) is 0. The number of hydrogen-bond donors (Lipinski definition) is 1. The maximum absolute atomic E-state index is 12.3. The molecule has 0 aliphatic rings. The SMILES string of the molecule is C=C(c1ccc(Cl)c(Cl)c1)c1ccccc1Sc1ccc(C(=O)NC(C)C)cc1C. The van der Waals surface area contributed by atoms with Crippen LogP contribution in [0.1, 0.15) is 40.9 Å². The van der Waals surface area contributed by atoms with Gasteiger partial charge >= 0.3 is 0 Å². The van der Waals surface area contributed by atoms with E-state index in [1.807, 2.05) is 69.3 Å². The molecule has 3 aromatic carbocycles. The molecule has 0 aromatic heterocycles. The molecular formula is C25H23Cl2NOS. The minimum atomic E-state index is -0.0574. The van der Waals surface area contributed by atoms with Crippen LogP contribution >= 0.6 is 35.0 Å². The lowest BCUT2D eigenvalue weighted by Crippen LogP contribution is -2.30. The van der Waals surface area contributed by atoms with Gasteiger partial charge in [-0.25, -0.2) is 0 Å². The minimum Gasteiger partial charge on any atom is -0.350 e. The fourth-order valence-corrected chi connectivity index (χ4v) is 4.35. The smallest absolute Gasteiger partial charge is 0.251 e. The van der Waals surface area contributed by atoms with Gasteiger partial charge in [-0.2, -0.15) is 0 Å². The lowest BCUT2D eigenvalue weighted by atomic mass is 10.00. The molecule has 0 atom stereocenters. The van der Waals surface area contributed by atoms with Crippen molar-refractivity contribution < 1.29 is 4.79 Å². The number of carbonyl (C=O) groups excluding carboxylic acids is 1. The van der Waals surface area contributed by atoms with E-state index in [-0.39, 0.29) is 11.9 Å². The van der Waals surface area contributed by atoms with Gasteiger partial charge in [0.05, 0.1) is 10.0 Å². The number of amides is 1. The van der Waals surface area contributed by atoms with Crippen LogP contribution in [0.25, 0.3) is 5.57 Å². The average molecular weight is 456 g/mol. The minimum absolute atomic E-state index is 0.0574. The van der Waals surface area contributed by atoms with Crippen molar-refractivity contribution in [2.45, 2.75) is 36.6 Å². The first-order chi connectivity index (χ1) is 14.3. The quantitative estimate of drug-likeness (QED) is 0.413. The zero-order valence-corrected chi connectivity index (χ0v) is 19.5. The summed E-state index contributed by atoms with van der Waals surface area (Å²) in [5, 5.41) is 3.96. The Morgan fingerprint density at radius 2 is 1.63 bits per heavy atom. The molecule has 0 saturated heterocycles. The number of halogens is 2. The standard InChI is InChI=1S/C25H23Cl2NOS/c1-15(2)28-25(29)19-10-12-23(16(3)13-19)30-24-8-6-5-7-20(24)17(4)18-9-11-21(26)22(27)14-18/h5-15H,4H2,1-3H3,(H,28,29). The van der Waals surface area contributed by atoms with Crippen molar-refractivity contribution in [3.8, 4) is 0 Å². The van der Waals surface area contributed by atoms with Gasteiger partial charge in [-0.1, -0.05) is 65.8 Å². The van der Waals surface area contributed by atoms with Crippen LogP contribution in [0, 0.1) is 6.92 Å². The van der Waals surface area contributed by atoms with Gasteiger partial charge in [0.15, 0.2) is 0 Å². The Balaban J connectivity index is 1.89. The molecule has 3 aromatic rings. The summed E-state index contributed by atoms with van der Waals surface area (Å²) in [4.78, 5) is 14.4. The van der Waals surface area contributed by atoms with Gasteiger partial charge in [-0.15, -0.1) is 0 Å². The molecule has 5 heteroatoms. The summed E-state index contributed by atoms with van der Waals surface area (Å²) in [6.45, 7) is 10.2. The van der Waals surface area contributed by atoms with Gasteiger partial charge in [0.2, 0.25) is 0 Å². The summed E-state index contributed by atoms with van der Waals surface area (Å²) in [6, 6.07) is 19.5. The van der Waals surface area contributed by atoms with Crippen molar-refractivity contribution >= 4 is 46.4 Å². The summed E-state index contributed by atoms with van der Waals surface area (Å²) in [5.74, 6) is -0.0574. The van der Waals surface area contributed by atoms with Gasteiger partial charge in [0.1, 0.15) is 0 Å². The average Bonchev–Trinajstić information content (AvgIpc) is 2.71. The predicted octanol–water partition coefficient (Wildman–Crippen LogP) is 7.65. The molecule has 1 amide bonds. The molecular weight excluding hydrogens is 433 g/mol. The first-order valence-corrected chi connectivity index (χ1v) is 11.2. The van der Waals surface area contributed by atoms with Gasteiger partial charge < -0.3 is 5.32 Å². The molecule has 0 aliphatic carbocycles. The number of carbonyl (C=O) groups is 1. The highest BCUT2D eigenvalue weighted by molar-refractivity contribution is 7.99. The third-order valence-electron chi connectivity index (χ3n) is 4.56. The van der Waals surface area contributed by atoms with Crippen LogP contribution in [0.4, 0.5) is 0 Å². The Hall–Kier alpha value is -2.20. The Labute approximate surface area is 192 Å². The van der Waals surface area contributed by atoms with Gasteiger partial charge in [-0.05, 0) is 79.4 Å². The van der Waals surface area contributed by atoms with Crippen molar-refractivity contribution in [2.75, 3.05) is 0 Å². The van der Waals surface area contributed by atoms with Crippen molar-refractivity contribution in [1.82, 2.24) is 5.32 Å². The first-order valence-electron chi connectivity index (χ1n) is 9.59. The molecule has 3 rings (SSSR count). The fraction of sp³-hybridized carbons (Fsp3) is 0.160. The van der Waals surface area contributed by atoms with Crippen LogP contribution in [0.3, 0.4) is 0 Å². The third-order valence-corrected chi connectivity index (χ3v) is 6.55. The van der Waals surface area contributed by atoms with E-state index < -0.39 is 0 Å². The molecule has 30 heavy (non-hydrogen) atoms. The van der Waals surface area contributed by atoms with E-state index in [1.165, 1.54) is 0 Å². The maximum Gasteiger partial charge on any atom is 0.251 e. The zero-order chi connectivity index (χ0) is 21.8. The summed E-state index contributed by atoms with van der Waals surface area (Å²) in [5.41, 5.74) is 4.55. The van der Waals surface area contributed by atoms with Crippen molar-refractivity contribution in [3.05, 3.63) is 99.5 Å². The molecule has 1 N–H and O–H groups in total. The highest BCUT2D eigenvalue weighted by Crippen LogP contribution is 2.38. The van der Waals surface area contributed by atoms with Crippen LogP contribution < -0.4 is 5.32 Å². The first kappa shape index (κ1) is 22.5. The van der Waals surface area contributed by atoms with E-state index in [4.69, 9.17) is 23.2 Å². The molecule has 0 heterocycles. The number of nitrogens with one attached hydrogen (secondary N) is 1. The Morgan fingerprint density at radius 3 is 2.30 bits per heavy atom. The molecule has 0 bridgehead atoms. The molecule has 154 valence electrons. The second-order valence-electron chi connectivity index (χ2n) is 7.31. The Kier molecular flexibility index (Phi) is 7.30. The summed E-state index contributed by atoms with van der Waals surface area (Å²) >= 11 is 13.9. The van der Waals surface area contributed by atoms with Crippen molar-refractivity contribution in [3.63, 3.8) is 0 Å². The molecule has 0 spiro atoms. The zero-order valence-electron chi connectivity index (χ0n) is 17.1. The second-order valence-corrected chi connectivity index (χ2v) is 9.21. The summed E-state index contributed by atoms with van der Waals surface area (Å²) < 4.78 is 0. The Bertz CT molecular complexity index is 1110. The van der Waals surface area contributed by atoms with Gasteiger partial charge in [-0.3, -0.25) is 4.79 Å². The predicted molar refractivity (Wildman–Crippen MR) is 129 cm³/mol. The highest BCUT2D eigenvalue weighted by Gasteiger charge is 2.13. The molecule has 2 nitrogen and oxygen atoms in total. The summed E-state index contributed by atoms with van der Waals surface area (Å²) in [6.07, 6.45) is 0. The fourth-order valence-electron chi connectivity index (χ4n) is 3.01. The largest absolute Gasteiger partial charge is 0.350 e. The second kappa shape index (κ2) is 9.74. The molecule has 0 saturated carbocycles. The molecule has 0 aliphatic heterocycles. The van der Waals surface area contributed by atoms with Crippen LogP contribution in [0.15, 0.2) is 77.0 Å². The van der Waals surface area contributed by atoms with Crippen LogP contribution in [-0.2, 0) is 0 Å². The van der Waals surface area contributed by atoms with Crippen LogP contribution in [0.2, 0.25) is 10.0 Å². The Morgan fingerprint density at radius 1 is 0.933 bits per heavy atom. The van der Waals surface area contributed by atoms with E-state index in [2.05, 4.69) is 18.0 Å². The monoisotopic (exact) mass is 455 g/mol. The highest BCUT2D eigenvalue weighted by atomic mass is 35.5. The van der Waals surface area contributed by atoms with Crippen LogP contribution in [-0.4, -0.2) is 11.9 Å². The number of aryl methyl sites for hydroxylation is 1. The van der Waals surface area contributed by atoms with E-state index in [9.17, 15) is 4.79 Å². The number of rotatable bonds is 6. The van der Waals surface area contributed by atoms with Crippen molar-refractivity contribution in [2.24, 2.45) is 0 Å². The van der Waals surface area contributed by atoms with Crippen molar-refractivity contribution in [1.29, 1.82) is 0 Å². The third kappa shape index (κ3) is 5.28. The van der Waals surface area contributed by atoms with E-state index >= 15 is 0 Å². The van der Waals surface area contributed by atoms with E-state index in [0.29, 0.717) is 15.6 Å². The normalized spacial score (nSPS) is 10.9. The molecule has 0 radical (unpaired) electrons. The maximum atomic E-state index is 12.3. The molecule has 0 unspecified atom stereocenters. The number of benzene rings is 3. The lowest BCUT2D eigenvalue weighted by molar-refractivity contribution is 0.0943. The van der Waals surface area contributed by atoms with Gasteiger partial charge in [0, 0.05) is 21.4 Å². The number of hydrogen-bond acceptors (Lipinski definition) is 2.